The van der Waals surface area contributed by atoms with Crippen LogP contribution in [0, 0.1) is 25.2 Å². The number of rotatable bonds is 3. The van der Waals surface area contributed by atoms with Crippen LogP contribution in [0.1, 0.15) is 53.1 Å². The molecule has 0 saturated carbocycles. The number of hydrogen-bond donors (Lipinski definition) is 0. The Morgan fingerprint density at radius 3 is 2.25 bits per heavy atom. The molecule has 1 nitrogen and oxygen atoms in total. The molecule has 0 amide bonds. The standard InChI is InChI=1S/C23H23N/c1-15(2)20-10-5-16(3)23-21(11-17(4)22(23)13-20)12-18-6-8-19(14-24)9-7-18/h5-11,13,15H,12H2,1-4H3. The number of nitrogens with zero attached hydrogens (tertiary/aromatic N) is 1. The molecule has 1 heteroatoms. The first kappa shape index (κ1) is 16.3. The highest BCUT2D eigenvalue weighted by molar-refractivity contribution is 5.78. The largest absolute Gasteiger partial charge is 0.192 e. The van der Waals surface area contributed by atoms with E-state index in [1.165, 1.54) is 38.9 Å². The third-order valence-corrected chi connectivity index (χ3v) is 4.78. The van der Waals surface area contributed by atoms with Gasteiger partial charge >= 0.3 is 0 Å². The Kier molecular flexibility index (Phi) is 4.40. The van der Waals surface area contributed by atoms with Crippen molar-refractivity contribution >= 4 is 0 Å². The summed E-state index contributed by atoms with van der Waals surface area (Å²) in [5, 5.41) is 8.95. The van der Waals surface area contributed by atoms with Crippen molar-refractivity contribution in [1.29, 1.82) is 5.26 Å². The highest BCUT2D eigenvalue weighted by atomic mass is 14.2. The maximum atomic E-state index is 8.95. The van der Waals surface area contributed by atoms with Crippen LogP contribution >= 0.6 is 0 Å². The number of fused-ring (bicyclic) bond motifs is 1. The minimum Gasteiger partial charge on any atom is -0.192 e. The molecular formula is C23H23N. The quantitative estimate of drug-likeness (QED) is 0.582. The third kappa shape index (κ3) is 3.05. The Hall–Kier alpha value is -2.59. The van der Waals surface area contributed by atoms with E-state index in [2.05, 4.69) is 70.2 Å². The fraction of sp³-hybridized carbons (Fsp3) is 0.261. The normalized spacial score (nSPS) is 11.0. The monoisotopic (exact) mass is 313 g/mol. The van der Waals surface area contributed by atoms with E-state index in [4.69, 9.17) is 5.26 Å². The van der Waals surface area contributed by atoms with E-state index in [-0.39, 0.29) is 0 Å². The molecule has 1 aromatic carbocycles. The minimum atomic E-state index is 0.524. The molecule has 3 rings (SSSR count). The van der Waals surface area contributed by atoms with Gasteiger partial charge in [0, 0.05) is 0 Å². The Morgan fingerprint density at radius 2 is 1.62 bits per heavy atom. The van der Waals surface area contributed by atoms with E-state index < -0.39 is 0 Å². The number of nitriles is 1. The van der Waals surface area contributed by atoms with Gasteiger partial charge in [-0.3, -0.25) is 0 Å². The van der Waals surface area contributed by atoms with Crippen molar-refractivity contribution in [2.45, 2.75) is 40.0 Å². The van der Waals surface area contributed by atoms with E-state index in [1.807, 2.05) is 12.1 Å². The van der Waals surface area contributed by atoms with E-state index in [0.717, 1.165) is 6.42 Å². The van der Waals surface area contributed by atoms with Gasteiger partial charge in [0.1, 0.15) is 0 Å². The summed E-state index contributed by atoms with van der Waals surface area (Å²) in [6.07, 6.45) is 0.901. The SMILES string of the molecule is Cc1cc(Cc2ccc(C#N)cc2)c2c(C)ccc(C(C)C)cc1-2. The molecule has 0 bridgehead atoms. The molecule has 0 N–H and O–H groups in total. The lowest BCUT2D eigenvalue weighted by Crippen LogP contribution is -1.89. The van der Waals surface area contributed by atoms with Gasteiger partial charge in [-0.15, -0.1) is 0 Å². The van der Waals surface area contributed by atoms with Crippen LogP contribution in [0.2, 0.25) is 0 Å². The molecule has 0 saturated heterocycles. The van der Waals surface area contributed by atoms with Gasteiger partial charge in [0.15, 0.2) is 0 Å². The molecule has 0 radical (unpaired) electrons. The van der Waals surface area contributed by atoms with Gasteiger partial charge in [-0.25, -0.2) is 0 Å². The average molecular weight is 313 g/mol. The lowest BCUT2D eigenvalue weighted by molar-refractivity contribution is 0.868. The Labute approximate surface area is 144 Å². The minimum absolute atomic E-state index is 0.524. The van der Waals surface area contributed by atoms with Gasteiger partial charge in [-0.2, -0.15) is 5.26 Å². The van der Waals surface area contributed by atoms with E-state index in [9.17, 15) is 0 Å². The van der Waals surface area contributed by atoms with Crippen LogP contribution in [0.15, 0.2) is 48.5 Å². The fourth-order valence-corrected chi connectivity index (χ4v) is 3.37. The summed E-state index contributed by atoms with van der Waals surface area (Å²) in [6, 6.07) is 19.3. The first-order valence-electron chi connectivity index (χ1n) is 8.51. The van der Waals surface area contributed by atoms with Crippen molar-refractivity contribution in [3.63, 3.8) is 0 Å². The predicted molar refractivity (Wildman–Crippen MR) is 101 cm³/mol. The summed E-state index contributed by atoms with van der Waals surface area (Å²) in [7, 11) is 0. The van der Waals surface area contributed by atoms with E-state index in [1.54, 1.807) is 0 Å². The molecule has 24 heavy (non-hydrogen) atoms. The second kappa shape index (κ2) is 6.49. The van der Waals surface area contributed by atoms with Crippen molar-refractivity contribution in [3.05, 3.63) is 81.9 Å². The van der Waals surface area contributed by atoms with Crippen LogP contribution in [0.25, 0.3) is 11.1 Å². The maximum absolute atomic E-state index is 8.95. The molecule has 0 spiro atoms. The van der Waals surface area contributed by atoms with Crippen LogP contribution in [0.5, 0.6) is 0 Å². The number of benzene rings is 1. The first-order chi connectivity index (χ1) is 11.5. The molecule has 0 heterocycles. The Balaban J connectivity index is 2.06. The van der Waals surface area contributed by atoms with Crippen molar-refractivity contribution in [2.24, 2.45) is 0 Å². The highest BCUT2D eigenvalue weighted by Crippen LogP contribution is 2.37. The van der Waals surface area contributed by atoms with E-state index in [0.29, 0.717) is 11.5 Å². The number of hydrogen-bond acceptors (Lipinski definition) is 1. The van der Waals surface area contributed by atoms with Gasteiger partial charge in [0.25, 0.3) is 0 Å². The van der Waals surface area contributed by atoms with E-state index >= 15 is 0 Å². The molecule has 0 aliphatic heterocycles. The zero-order chi connectivity index (χ0) is 17.3. The lowest BCUT2D eigenvalue weighted by atomic mass is 9.97. The molecule has 0 unspecified atom stereocenters. The fourth-order valence-electron chi connectivity index (χ4n) is 3.37. The Bertz CT molecular complexity index is 879. The summed E-state index contributed by atoms with van der Waals surface area (Å²) in [4.78, 5) is 0. The second-order valence-corrected chi connectivity index (χ2v) is 6.94. The molecular weight excluding hydrogens is 290 g/mol. The van der Waals surface area contributed by atoms with Crippen LogP contribution < -0.4 is 0 Å². The van der Waals surface area contributed by atoms with Crippen molar-refractivity contribution < 1.29 is 0 Å². The molecule has 0 aromatic heterocycles. The summed E-state index contributed by atoms with van der Waals surface area (Å²) in [5.74, 6) is 0.524. The molecule has 120 valence electrons. The highest BCUT2D eigenvalue weighted by Gasteiger charge is 2.16. The average Bonchev–Trinajstić information content (AvgIpc) is 2.75. The van der Waals surface area contributed by atoms with Crippen LogP contribution in [-0.4, -0.2) is 0 Å². The van der Waals surface area contributed by atoms with Crippen LogP contribution in [0.3, 0.4) is 0 Å². The van der Waals surface area contributed by atoms with Gasteiger partial charge in [0.2, 0.25) is 0 Å². The van der Waals surface area contributed by atoms with Gasteiger partial charge in [0.05, 0.1) is 11.6 Å². The van der Waals surface area contributed by atoms with Crippen molar-refractivity contribution in [1.82, 2.24) is 0 Å². The van der Waals surface area contributed by atoms with Crippen LogP contribution in [0.4, 0.5) is 0 Å². The first-order valence-corrected chi connectivity index (χ1v) is 8.51. The molecule has 2 aliphatic rings. The van der Waals surface area contributed by atoms with Gasteiger partial charge < -0.3 is 0 Å². The van der Waals surface area contributed by atoms with Gasteiger partial charge in [-0.05, 0) is 77.3 Å². The van der Waals surface area contributed by atoms with Crippen molar-refractivity contribution in [2.75, 3.05) is 0 Å². The summed E-state index contributed by atoms with van der Waals surface area (Å²) in [6.45, 7) is 8.89. The molecule has 2 aliphatic carbocycles. The van der Waals surface area contributed by atoms with Crippen LogP contribution in [-0.2, 0) is 6.42 Å². The molecule has 1 aromatic rings. The summed E-state index contributed by atoms with van der Waals surface area (Å²) < 4.78 is 0. The zero-order valence-corrected chi connectivity index (χ0v) is 14.9. The van der Waals surface area contributed by atoms with Gasteiger partial charge in [-0.1, -0.05) is 50.2 Å². The summed E-state index contributed by atoms with van der Waals surface area (Å²) in [5.41, 5.74) is 10.1. The lowest BCUT2D eigenvalue weighted by Gasteiger charge is -2.07. The zero-order valence-electron chi connectivity index (χ0n) is 14.9. The third-order valence-electron chi connectivity index (χ3n) is 4.78. The summed E-state index contributed by atoms with van der Waals surface area (Å²) >= 11 is 0. The topological polar surface area (TPSA) is 23.8 Å². The Morgan fingerprint density at radius 1 is 0.917 bits per heavy atom. The predicted octanol–water partition coefficient (Wildman–Crippen LogP) is 5.99. The number of aryl methyl sites for hydroxylation is 2. The molecule has 0 atom stereocenters. The van der Waals surface area contributed by atoms with Crippen molar-refractivity contribution in [3.8, 4) is 17.2 Å². The second-order valence-electron chi connectivity index (χ2n) is 6.94. The molecule has 0 fully saturated rings. The maximum Gasteiger partial charge on any atom is 0.0991 e. The smallest absolute Gasteiger partial charge is 0.0991 e.